The standard InChI is InChI=1S/C21H30N3O9P/c25-18(22-13-4-14-32-34(29,30)31)9-2-7-16-5-1-6-17(15-16)8-3-12-23-21(28)33-24-19(26)10-11-20(24)27/h1,5-6,15H,2-4,7-14H2,(H,22,25)(H,23,28)(H2,29,30,31). The SMILES string of the molecule is O=C(CCCc1cccc(CCCNC(=O)ON2C(=O)CCC2=O)c1)NCCCOP(=O)(O)O. The van der Waals surface area contributed by atoms with E-state index >= 15 is 0 Å². The molecule has 1 aliphatic rings. The Morgan fingerprint density at radius 1 is 0.971 bits per heavy atom. The van der Waals surface area contributed by atoms with Crippen molar-refractivity contribution < 1.29 is 42.9 Å². The molecule has 13 heteroatoms. The van der Waals surface area contributed by atoms with E-state index in [1.807, 2.05) is 24.3 Å². The van der Waals surface area contributed by atoms with E-state index in [4.69, 9.17) is 14.6 Å². The molecule has 1 aromatic carbocycles. The number of phosphoric ester groups is 1. The van der Waals surface area contributed by atoms with Crippen LogP contribution in [0, 0.1) is 0 Å². The van der Waals surface area contributed by atoms with Crippen molar-refractivity contribution in [3.8, 4) is 0 Å². The maximum atomic E-state index is 11.8. The van der Waals surface area contributed by atoms with Crippen LogP contribution in [0.1, 0.15) is 49.7 Å². The van der Waals surface area contributed by atoms with Gasteiger partial charge < -0.3 is 25.3 Å². The normalized spacial score (nSPS) is 13.8. The molecule has 0 bridgehead atoms. The van der Waals surface area contributed by atoms with E-state index < -0.39 is 25.7 Å². The number of carbonyl (C=O) groups excluding carboxylic acids is 4. The van der Waals surface area contributed by atoms with Gasteiger partial charge in [0.15, 0.2) is 0 Å². The molecule has 0 atom stereocenters. The number of carbonyl (C=O) groups is 4. The lowest BCUT2D eigenvalue weighted by Crippen LogP contribution is -2.37. The second-order valence-corrected chi connectivity index (χ2v) is 8.93. The summed E-state index contributed by atoms with van der Waals surface area (Å²) >= 11 is 0. The summed E-state index contributed by atoms with van der Waals surface area (Å²) in [6.45, 7) is 0.463. The fourth-order valence-electron chi connectivity index (χ4n) is 3.22. The largest absolute Gasteiger partial charge is 0.469 e. The van der Waals surface area contributed by atoms with Crippen molar-refractivity contribution in [2.45, 2.75) is 51.4 Å². The zero-order chi connectivity index (χ0) is 25.0. The summed E-state index contributed by atoms with van der Waals surface area (Å²) in [4.78, 5) is 68.3. The Morgan fingerprint density at radius 2 is 1.59 bits per heavy atom. The van der Waals surface area contributed by atoms with Crippen molar-refractivity contribution >= 4 is 31.6 Å². The number of amides is 4. The van der Waals surface area contributed by atoms with Crippen LogP contribution in [0.3, 0.4) is 0 Å². The molecule has 1 aliphatic heterocycles. The van der Waals surface area contributed by atoms with Crippen molar-refractivity contribution in [2.75, 3.05) is 19.7 Å². The number of nitrogens with one attached hydrogen (secondary N) is 2. The predicted octanol–water partition coefficient (Wildman–Crippen LogP) is 1.35. The van der Waals surface area contributed by atoms with Crippen LogP contribution in [0.2, 0.25) is 0 Å². The maximum Gasteiger partial charge on any atom is 0.469 e. The second kappa shape index (κ2) is 13.8. The van der Waals surface area contributed by atoms with Crippen molar-refractivity contribution in [3.63, 3.8) is 0 Å². The second-order valence-electron chi connectivity index (χ2n) is 7.69. The van der Waals surface area contributed by atoms with Crippen LogP contribution in [0.15, 0.2) is 24.3 Å². The van der Waals surface area contributed by atoms with Gasteiger partial charge in [-0.1, -0.05) is 24.3 Å². The van der Waals surface area contributed by atoms with Crippen LogP contribution in [0.5, 0.6) is 0 Å². The van der Waals surface area contributed by atoms with Crippen LogP contribution in [0.4, 0.5) is 4.79 Å². The Morgan fingerprint density at radius 3 is 2.24 bits per heavy atom. The molecule has 1 heterocycles. The number of hydroxylamine groups is 2. The minimum absolute atomic E-state index is 0.0460. The summed E-state index contributed by atoms with van der Waals surface area (Å²) in [5.41, 5.74) is 2.16. The average molecular weight is 499 g/mol. The van der Waals surface area contributed by atoms with E-state index in [1.54, 1.807) is 0 Å². The molecule has 0 spiro atoms. The first kappa shape index (κ1) is 27.5. The molecule has 0 unspecified atom stereocenters. The van der Waals surface area contributed by atoms with E-state index in [0.717, 1.165) is 11.1 Å². The number of rotatable bonds is 14. The van der Waals surface area contributed by atoms with Gasteiger partial charge in [-0.15, -0.1) is 5.06 Å². The summed E-state index contributed by atoms with van der Waals surface area (Å²) in [5, 5.41) is 5.70. The lowest BCUT2D eigenvalue weighted by Gasteiger charge is -2.13. The van der Waals surface area contributed by atoms with Gasteiger partial charge in [0.05, 0.1) is 6.61 Å². The number of phosphoric acid groups is 1. The third kappa shape index (κ3) is 10.9. The Labute approximate surface area is 197 Å². The molecule has 4 N–H and O–H groups in total. The van der Waals surface area contributed by atoms with E-state index in [0.29, 0.717) is 50.1 Å². The first-order valence-electron chi connectivity index (χ1n) is 11.0. The number of imide groups is 1. The maximum absolute atomic E-state index is 11.8. The highest BCUT2D eigenvalue weighted by Gasteiger charge is 2.32. The van der Waals surface area contributed by atoms with Crippen LogP contribution in [-0.4, -0.2) is 58.4 Å². The number of hydrogen-bond acceptors (Lipinski definition) is 7. The van der Waals surface area contributed by atoms with E-state index in [9.17, 15) is 23.7 Å². The van der Waals surface area contributed by atoms with E-state index in [2.05, 4.69) is 15.2 Å². The number of aryl methyl sites for hydroxylation is 2. The summed E-state index contributed by atoms with van der Waals surface area (Å²) in [6, 6.07) is 7.91. The minimum Gasteiger partial charge on any atom is -0.356 e. The Hall–Kier alpha value is -2.79. The van der Waals surface area contributed by atoms with Gasteiger partial charge in [0.25, 0.3) is 11.8 Å². The Balaban J connectivity index is 1.58. The first-order chi connectivity index (χ1) is 16.1. The molecule has 1 fully saturated rings. The molecular formula is C21H30N3O9P. The molecule has 4 amide bonds. The topological polar surface area (TPSA) is 172 Å². The third-order valence-corrected chi connectivity index (χ3v) is 5.37. The molecule has 188 valence electrons. The van der Waals surface area contributed by atoms with Crippen LogP contribution in [0.25, 0.3) is 0 Å². The molecule has 1 saturated heterocycles. The van der Waals surface area contributed by atoms with E-state index in [-0.39, 0.29) is 31.9 Å². The molecule has 2 rings (SSSR count). The Kier molecular flexibility index (Phi) is 11.1. The van der Waals surface area contributed by atoms with Gasteiger partial charge in [0.2, 0.25) is 5.91 Å². The monoisotopic (exact) mass is 499 g/mol. The van der Waals surface area contributed by atoms with Crippen LogP contribution in [-0.2, 0) is 41.2 Å². The molecule has 0 radical (unpaired) electrons. The number of hydrogen-bond donors (Lipinski definition) is 4. The lowest BCUT2D eigenvalue weighted by molar-refractivity contribution is -0.171. The van der Waals surface area contributed by atoms with Crippen LogP contribution < -0.4 is 10.6 Å². The minimum atomic E-state index is -4.47. The highest BCUT2D eigenvalue weighted by Crippen LogP contribution is 2.35. The number of benzene rings is 1. The smallest absolute Gasteiger partial charge is 0.356 e. The first-order valence-corrected chi connectivity index (χ1v) is 12.5. The van der Waals surface area contributed by atoms with Gasteiger partial charge in [-0.05, 0) is 43.2 Å². The molecule has 0 aliphatic carbocycles. The zero-order valence-electron chi connectivity index (χ0n) is 18.7. The highest BCUT2D eigenvalue weighted by molar-refractivity contribution is 7.46. The van der Waals surface area contributed by atoms with Crippen molar-refractivity contribution in [1.82, 2.24) is 15.7 Å². The van der Waals surface area contributed by atoms with Crippen molar-refractivity contribution in [1.29, 1.82) is 0 Å². The predicted molar refractivity (Wildman–Crippen MR) is 119 cm³/mol. The summed E-state index contributed by atoms with van der Waals surface area (Å²) < 4.78 is 14.9. The zero-order valence-corrected chi connectivity index (χ0v) is 19.6. The van der Waals surface area contributed by atoms with Crippen molar-refractivity contribution in [3.05, 3.63) is 35.4 Å². The third-order valence-electron chi connectivity index (χ3n) is 4.85. The molecular weight excluding hydrogens is 469 g/mol. The van der Waals surface area contributed by atoms with Crippen molar-refractivity contribution in [2.24, 2.45) is 0 Å². The Bertz CT molecular complexity index is 903. The molecule has 1 aromatic rings. The average Bonchev–Trinajstić information content (AvgIpc) is 3.08. The number of nitrogens with zero attached hydrogens (tertiary/aromatic N) is 1. The fraction of sp³-hybridized carbons (Fsp3) is 0.524. The quantitative estimate of drug-likeness (QED) is 0.167. The van der Waals surface area contributed by atoms with Crippen LogP contribution >= 0.6 is 7.82 Å². The summed E-state index contributed by atoms with van der Waals surface area (Å²) in [6.07, 6.45) is 2.58. The van der Waals surface area contributed by atoms with E-state index in [1.165, 1.54) is 0 Å². The van der Waals surface area contributed by atoms with Gasteiger partial charge in [-0.25, -0.2) is 9.36 Å². The summed E-state index contributed by atoms with van der Waals surface area (Å²) in [5.74, 6) is -1.19. The van der Waals surface area contributed by atoms with Gasteiger partial charge >= 0.3 is 13.9 Å². The molecule has 34 heavy (non-hydrogen) atoms. The molecule has 12 nitrogen and oxygen atoms in total. The van der Waals surface area contributed by atoms with Gasteiger partial charge in [0, 0.05) is 32.4 Å². The fourth-order valence-corrected chi connectivity index (χ4v) is 3.59. The highest BCUT2D eigenvalue weighted by atomic mass is 31.2. The molecule has 0 aromatic heterocycles. The summed E-state index contributed by atoms with van der Waals surface area (Å²) in [7, 11) is -4.47. The van der Waals surface area contributed by atoms with Gasteiger partial charge in [0.1, 0.15) is 0 Å². The van der Waals surface area contributed by atoms with Gasteiger partial charge in [-0.2, -0.15) is 0 Å². The molecule has 0 saturated carbocycles. The van der Waals surface area contributed by atoms with Gasteiger partial charge in [-0.3, -0.25) is 18.9 Å². The lowest BCUT2D eigenvalue weighted by atomic mass is 10.0.